The molecule has 2 aromatic carbocycles. The van der Waals surface area contributed by atoms with Gasteiger partial charge in [-0.2, -0.15) is 15.1 Å². The van der Waals surface area contributed by atoms with Gasteiger partial charge in [-0.15, -0.1) is 0 Å². The van der Waals surface area contributed by atoms with Gasteiger partial charge in [-0.1, -0.05) is 44.5 Å². The summed E-state index contributed by atoms with van der Waals surface area (Å²) in [4.78, 5) is 16.7. The van der Waals surface area contributed by atoms with Gasteiger partial charge in [-0.3, -0.25) is 10.2 Å². The quantitative estimate of drug-likeness (QED) is 0.297. The van der Waals surface area contributed by atoms with Gasteiger partial charge in [-0.05, 0) is 72.0 Å². The van der Waals surface area contributed by atoms with Crippen LogP contribution in [0.4, 0.5) is 0 Å². The Labute approximate surface area is 225 Å². The fourth-order valence-corrected chi connectivity index (χ4v) is 4.94. The van der Waals surface area contributed by atoms with Crippen LogP contribution in [0.2, 0.25) is 5.02 Å². The van der Waals surface area contributed by atoms with Crippen LogP contribution < -0.4 is 14.2 Å². The first-order valence-corrected chi connectivity index (χ1v) is 13.1. The Hall–Kier alpha value is -3.30. The van der Waals surface area contributed by atoms with E-state index in [4.69, 9.17) is 31.2 Å². The van der Waals surface area contributed by atoms with Gasteiger partial charge in [0.15, 0.2) is 17.3 Å². The lowest BCUT2D eigenvalue weighted by atomic mass is 10.0. The van der Waals surface area contributed by atoms with E-state index in [9.17, 15) is 4.79 Å². The fraction of sp³-hybridized carbons (Fsp3) is 0.333. The minimum Gasteiger partial charge on any atom is -0.493 e. The fourth-order valence-electron chi connectivity index (χ4n) is 3.84. The first kappa shape index (κ1) is 26.8. The number of aryl methyl sites for hydroxylation is 1. The molecular weight excluding hydrogens is 512 g/mol. The first-order valence-electron chi connectivity index (χ1n) is 11.9. The normalized spacial score (nSPS) is 16.2. The molecule has 0 bridgehead atoms. The largest absolute Gasteiger partial charge is 0.493 e. The van der Waals surface area contributed by atoms with Gasteiger partial charge in [-0.25, -0.2) is 0 Å². The Morgan fingerprint density at radius 3 is 2.62 bits per heavy atom. The van der Waals surface area contributed by atoms with Gasteiger partial charge >= 0.3 is 0 Å². The minimum atomic E-state index is -0.499. The van der Waals surface area contributed by atoms with E-state index in [0.29, 0.717) is 46.2 Å². The number of hydrazone groups is 1. The number of thioether (sulfide) groups is 1. The molecule has 2 aliphatic rings. The molecule has 0 saturated heterocycles. The predicted molar refractivity (Wildman–Crippen MR) is 150 cm³/mol. The van der Waals surface area contributed by atoms with Crippen molar-refractivity contribution in [2.75, 3.05) is 20.3 Å². The summed E-state index contributed by atoms with van der Waals surface area (Å²) in [6.45, 7) is 8.83. The van der Waals surface area contributed by atoms with Crippen molar-refractivity contribution in [2.45, 2.75) is 40.0 Å². The van der Waals surface area contributed by atoms with Gasteiger partial charge in [0.2, 0.25) is 5.17 Å². The van der Waals surface area contributed by atoms with E-state index in [1.165, 1.54) is 23.9 Å². The van der Waals surface area contributed by atoms with Crippen LogP contribution in [-0.4, -0.2) is 47.3 Å². The molecule has 2 aromatic rings. The van der Waals surface area contributed by atoms with Crippen molar-refractivity contribution in [3.63, 3.8) is 0 Å². The lowest BCUT2D eigenvalue weighted by Gasteiger charge is -2.20. The number of halogens is 1. The number of benzene rings is 2. The van der Waals surface area contributed by atoms with Crippen LogP contribution in [0.5, 0.6) is 17.2 Å². The van der Waals surface area contributed by atoms with Crippen molar-refractivity contribution < 1.29 is 19.0 Å². The van der Waals surface area contributed by atoms with Gasteiger partial charge in [0, 0.05) is 0 Å². The van der Waals surface area contributed by atoms with Crippen molar-refractivity contribution in [1.82, 2.24) is 5.01 Å². The predicted octanol–water partition coefficient (Wildman–Crippen LogP) is 6.27. The topological polar surface area (TPSA) is 96.6 Å². The Morgan fingerprint density at radius 2 is 1.92 bits per heavy atom. The first-order chi connectivity index (χ1) is 17.7. The van der Waals surface area contributed by atoms with E-state index in [0.717, 1.165) is 21.9 Å². The summed E-state index contributed by atoms with van der Waals surface area (Å²) in [5, 5.41) is 15.7. The molecule has 0 unspecified atom stereocenters. The molecule has 4 rings (SSSR count). The summed E-state index contributed by atoms with van der Waals surface area (Å²) in [6, 6.07) is 9.55. The molecule has 1 amide bonds. The SMILES string of the molecule is CCC1=NN2C(=N)C(=Cc3cc(Cl)c(OCCOc4cc(C)ccc4C(C)C)c(OC)c3)C(=O)N=C2S1. The van der Waals surface area contributed by atoms with E-state index in [1.807, 2.05) is 19.9 Å². The van der Waals surface area contributed by atoms with Gasteiger partial charge in [0.05, 0.1) is 17.7 Å². The van der Waals surface area contributed by atoms with Crippen molar-refractivity contribution in [3.05, 3.63) is 57.6 Å². The second-order valence-electron chi connectivity index (χ2n) is 8.79. The summed E-state index contributed by atoms with van der Waals surface area (Å²) in [7, 11) is 1.51. The Morgan fingerprint density at radius 1 is 1.16 bits per heavy atom. The van der Waals surface area contributed by atoms with Crippen molar-refractivity contribution in [1.29, 1.82) is 5.41 Å². The van der Waals surface area contributed by atoms with Crippen LogP contribution in [-0.2, 0) is 4.79 Å². The molecule has 10 heteroatoms. The minimum absolute atomic E-state index is 0.0320. The number of carbonyl (C=O) groups excluding carboxylic acids is 1. The number of fused-ring (bicyclic) bond motifs is 1. The molecule has 0 radical (unpaired) electrons. The van der Waals surface area contributed by atoms with Crippen LogP contribution in [0, 0.1) is 12.3 Å². The second-order valence-corrected chi connectivity index (χ2v) is 10.2. The maximum atomic E-state index is 12.6. The number of hydrogen-bond donors (Lipinski definition) is 1. The molecule has 0 fully saturated rings. The number of carbonyl (C=O) groups is 1. The second kappa shape index (κ2) is 11.4. The van der Waals surface area contributed by atoms with Gasteiger partial charge in [0.1, 0.15) is 24.0 Å². The molecule has 8 nitrogen and oxygen atoms in total. The standard InChI is InChI=1S/C27H29ClN4O4S/c1-6-23-31-32-25(29)19(26(33)30-27(32)37-23)12-17-13-20(28)24(22(14-17)34-5)36-10-9-35-21-11-16(4)7-8-18(21)15(2)3/h7-8,11-15,29H,6,9-10H2,1-5H3. The van der Waals surface area contributed by atoms with Crippen LogP contribution in [0.1, 0.15) is 49.8 Å². The molecule has 2 heterocycles. The van der Waals surface area contributed by atoms with E-state index >= 15 is 0 Å². The Bertz CT molecular complexity index is 1340. The Kier molecular flexibility index (Phi) is 8.24. The van der Waals surface area contributed by atoms with E-state index in [1.54, 1.807) is 18.2 Å². The number of hydrogen-bond acceptors (Lipinski definition) is 7. The van der Waals surface area contributed by atoms with E-state index in [2.05, 4.69) is 36.1 Å². The molecule has 0 aromatic heterocycles. The average Bonchev–Trinajstić information content (AvgIpc) is 3.28. The number of amides is 1. The van der Waals surface area contributed by atoms with E-state index in [-0.39, 0.29) is 18.0 Å². The maximum Gasteiger partial charge on any atom is 0.283 e. The van der Waals surface area contributed by atoms with Crippen molar-refractivity contribution in [3.8, 4) is 17.2 Å². The summed E-state index contributed by atoms with van der Waals surface area (Å²) in [6.07, 6.45) is 2.26. The number of ether oxygens (including phenoxy) is 3. The van der Waals surface area contributed by atoms with Crippen LogP contribution >= 0.6 is 23.4 Å². The highest BCUT2D eigenvalue weighted by Gasteiger charge is 2.35. The molecule has 0 aliphatic carbocycles. The average molecular weight is 541 g/mol. The molecule has 194 valence electrons. The highest BCUT2D eigenvalue weighted by Crippen LogP contribution is 2.38. The zero-order chi connectivity index (χ0) is 26.7. The number of nitrogens with one attached hydrogen (secondary N) is 1. The highest BCUT2D eigenvalue weighted by atomic mass is 35.5. The summed E-state index contributed by atoms with van der Waals surface area (Å²) >= 11 is 7.84. The molecule has 1 N–H and O–H groups in total. The summed E-state index contributed by atoms with van der Waals surface area (Å²) in [5.41, 5.74) is 2.96. The summed E-state index contributed by atoms with van der Waals surface area (Å²) in [5.74, 6) is 1.43. The summed E-state index contributed by atoms with van der Waals surface area (Å²) < 4.78 is 17.4. The molecule has 0 saturated carbocycles. The number of aliphatic imine (C=N–C) groups is 1. The zero-order valence-electron chi connectivity index (χ0n) is 21.4. The molecule has 2 aliphatic heterocycles. The third kappa shape index (κ3) is 5.83. The number of amidine groups is 2. The molecule has 37 heavy (non-hydrogen) atoms. The monoisotopic (exact) mass is 540 g/mol. The number of rotatable bonds is 9. The number of nitrogens with zero attached hydrogens (tertiary/aromatic N) is 3. The lowest BCUT2D eigenvalue weighted by Crippen LogP contribution is -2.35. The molecule has 0 spiro atoms. The van der Waals surface area contributed by atoms with Crippen LogP contribution in [0.3, 0.4) is 0 Å². The van der Waals surface area contributed by atoms with Crippen molar-refractivity contribution >= 4 is 51.4 Å². The Balaban J connectivity index is 1.49. The van der Waals surface area contributed by atoms with Crippen LogP contribution in [0.15, 0.2) is 46.0 Å². The van der Waals surface area contributed by atoms with Gasteiger partial charge in [0.25, 0.3) is 5.91 Å². The highest BCUT2D eigenvalue weighted by molar-refractivity contribution is 8.26. The van der Waals surface area contributed by atoms with Crippen molar-refractivity contribution in [2.24, 2.45) is 10.1 Å². The number of methoxy groups -OCH3 is 1. The third-order valence-electron chi connectivity index (χ3n) is 5.74. The van der Waals surface area contributed by atoms with E-state index < -0.39 is 5.91 Å². The maximum absolute atomic E-state index is 12.6. The van der Waals surface area contributed by atoms with Crippen LogP contribution in [0.25, 0.3) is 6.08 Å². The third-order valence-corrected chi connectivity index (χ3v) is 7.07. The van der Waals surface area contributed by atoms with Gasteiger partial charge < -0.3 is 14.2 Å². The molecule has 0 atom stereocenters. The lowest BCUT2D eigenvalue weighted by molar-refractivity contribution is -0.114. The molecular formula is C27H29ClN4O4S. The smallest absolute Gasteiger partial charge is 0.283 e. The zero-order valence-corrected chi connectivity index (χ0v) is 23.0.